The van der Waals surface area contributed by atoms with Gasteiger partial charge < -0.3 is 9.47 Å². The summed E-state index contributed by atoms with van der Waals surface area (Å²) in [5.74, 6) is -0.702. The standard InChI is InChI=1S/C11H4BrClF3N3O.C11H5ClF3N3O/c12-8-4-17-10-9(13)18-6-3-5(20-11(14,15)16)1-2-7(6)19(8)10;12-9-10-16-3-4-18(10)8-2-1-6(5-7(8)17-9)19-11(13,14)15/h1-4H;1-5H. The minimum Gasteiger partial charge on any atom is -0.406 e. The van der Waals surface area contributed by atoms with Crippen molar-refractivity contribution >= 4 is 72.5 Å². The molecule has 0 atom stereocenters. The molecule has 4 heterocycles. The van der Waals surface area contributed by atoms with Crippen LogP contribution in [0.15, 0.2) is 59.6 Å². The van der Waals surface area contributed by atoms with Crippen molar-refractivity contribution in [1.82, 2.24) is 28.7 Å². The Bertz CT molecular complexity index is 1860. The fraction of sp³-hybridized carbons (Fsp3) is 0.0909. The minimum absolute atomic E-state index is 0.0901. The lowest BCUT2D eigenvalue weighted by Crippen LogP contribution is -2.17. The van der Waals surface area contributed by atoms with Crippen molar-refractivity contribution in [3.63, 3.8) is 0 Å². The van der Waals surface area contributed by atoms with Gasteiger partial charge in [-0.2, -0.15) is 0 Å². The number of benzene rings is 2. The Morgan fingerprint density at radius 3 is 1.87 bits per heavy atom. The molecule has 0 unspecified atom stereocenters. The molecule has 0 aliphatic carbocycles. The SMILES string of the molecule is FC(F)(F)Oc1ccc2c(c1)nc(Cl)c1ncc(Br)n12.FC(F)(F)Oc1ccc2c(c1)nc(Cl)c1nccn12. The summed E-state index contributed by atoms with van der Waals surface area (Å²) in [5, 5.41) is 0.203. The summed E-state index contributed by atoms with van der Waals surface area (Å²) >= 11 is 15.2. The molecule has 0 saturated carbocycles. The highest BCUT2D eigenvalue weighted by Gasteiger charge is 2.32. The molecule has 0 spiro atoms. The van der Waals surface area contributed by atoms with Gasteiger partial charge in [-0.05, 0) is 40.2 Å². The molecule has 0 radical (unpaired) electrons. The van der Waals surface area contributed by atoms with E-state index < -0.39 is 12.7 Å². The number of imidazole rings is 2. The first-order valence-corrected chi connectivity index (χ1v) is 11.9. The topological polar surface area (TPSA) is 78.8 Å². The number of alkyl halides is 6. The van der Waals surface area contributed by atoms with Crippen LogP contribution in [0, 0.1) is 0 Å². The molecule has 0 aliphatic heterocycles. The van der Waals surface area contributed by atoms with E-state index in [0.29, 0.717) is 26.9 Å². The van der Waals surface area contributed by atoms with Crippen LogP contribution in [-0.2, 0) is 0 Å². The Balaban J connectivity index is 0.000000158. The predicted octanol–water partition coefficient (Wildman–Crippen LogP) is 7.63. The lowest BCUT2D eigenvalue weighted by atomic mass is 10.3. The van der Waals surface area contributed by atoms with E-state index in [1.807, 2.05) is 0 Å². The Morgan fingerprint density at radius 2 is 1.28 bits per heavy atom. The van der Waals surface area contributed by atoms with Crippen molar-refractivity contribution in [2.24, 2.45) is 0 Å². The van der Waals surface area contributed by atoms with Gasteiger partial charge in [0.1, 0.15) is 16.1 Å². The maximum atomic E-state index is 12.2. The van der Waals surface area contributed by atoms with Gasteiger partial charge in [-0.3, -0.25) is 8.80 Å². The summed E-state index contributed by atoms with van der Waals surface area (Å²) in [7, 11) is 0. The number of nitrogens with zero attached hydrogens (tertiary/aromatic N) is 6. The molecule has 17 heteroatoms. The van der Waals surface area contributed by atoms with Gasteiger partial charge in [0.15, 0.2) is 21.6 Å². The number of aromatic nitrogens is 6. The number of rotatable bonds is 2. The third-order valence-electron chi connectivity index (χ3n) is 5.03. The third-order valence-corrected chi connectivity index (χ3v) is 6.09. The van der Waals surface area contributed by atoms with Gasteiger partial charge in [-0.1, -0.05) is 23.2 Å². The van der Waals surface area contributed by atoms with E-state index in [4.69, 9.17) is 23.2 Å². The molecule has 6 aromatic rings. The van der Waals surface area contributed by atoms with Crippen LogP contribution >= 0.6 is 39.1 Å². The average Bonchev–Trinajstić information content (AvgIpc) is 3.46. The van der Waals surface area contributed by atoms with Gasteiger partial charge in [0.2, 0.25) is 0 Å². The highest BCUT2D eigenvalue weighted by Crippen LogP contribution is 2.30. The third kappa shape index (κ3) is 5.74. The van der Waals surface area contributed by atoms with E-state index in [9.17, 15) is 26.3 Å². The van der Waals surface area contributed by atoms with Crippen LogP contribution in [0.25, 0.3) is 33.4 Å². The monoisotopic (exact) mass is 652 g/mol. The molecule has 4 aromatic heterocycles. The molecule has 202 valence electrons. The van der Waals surface area contributed by atoms with Crippen LogP contribution in [0.3, 0.4) is 0 Å². The van der Waals surface area contributed by atoms with Crippen LogP contribution in [0.5, 0.6) is 11.5 Å². The zero-order valence-corrected chi connectivity index (χ0v) is 21.7. The van der Waals surface area contributed by atoms with Crippen molar-refractivity contribution in [3.05, 3.63) is 69.9 Å². The van der Waals surface area contributed by atoms with Crippen LogP contribution in [0.2, 0.25) is 10.3 Å². The zero-order chi connectivity index (χ0) is 28.1. The normalized spacial score (nSPS) is 12.2. The number of ether oxygens (including phenoxy) is 2. The van der Waals surface area contributed by atoms with E-state index in [1.54, 1.807) is 15.0 Å². The number of hydrogen-bond acceptors (Lipinski definition) is 6. The van der Waals surface area contributed by atoms with Gasteiger partial charge in [0, 0.05) is 24.5 Å². The first-order valence-electron chi connectivity index (χ1n) is 10.3. The second kappa shape index (κ2) is 9.88. The summed E-state index contributed by atoms with van der Waals surface area (Å²) in [6.45, 7) is 0. The predicted molar refractivity (Wildman–Crippen MR) is 132 cm³/mol. The fourth-order valence-electron chi connectivity index (χ4n) is 3.64. The highest BCUT2D eigenvalue weighted by atomic mass is 79.9. The Labute approximate surface area is 230 Å². The minimum atomic E-state index is -4.75. The Morgan fingerprint density at radius 1 is 0.744 bits per heavy atom. The van der Waals surface area contributed by atoms with E-state index in [0.717, 1.165) is 0 Å². The van der Waals surface area contributed by atoms with Gasteiger partial charge in [0.25, 0.3) is 0 Å². The molecule has 2 aromatic carbocycles. The first-order chi connectivity index (χ1) is 18.3. The molecule has 0 N–H and O–H groups in total. The van der Waals surface area contributed by atoms with Crippen molar-refractivity contribution in [2.75, 3.05) is 0 Å². The molecule has 0 bridgehead atoms. The second-order valence-electron chi connectivity index (χ2n) is 7.56. The Hall–Kier alpha value is -3.56. The van der Waals surface area contributed by atoms with Crippen molar-refractivity contribution in [2.45, 2.75) is 12.7 Å². The van der Waals surface area contributed by atoms with Crippen molar-refractivity contribution in [3.8, 4) is 11.5 Å². The molecule has 6 rings (SSSR count). The molecule has 0 amide bonds. The number of fused-ring (bicyclic) bond motifs is 6. The second-order valence-corrected chi connectivity index (χ2v) is 9.09. The van der Waals surface area contributed by atoms with Gasteiger partial charge in [-0.15, -0.1) is 26.3 Å². The molecule has 39 heavy (non-hydrogen) atoms. The zero-order valence-electron chi connectivity index (χ0n) is 18.6. The lowest BCUT2D eigenvalue weighted by Gasteiger charge is -2.10. The summed E-state index contributed by atoms with van der Waals surface area (Å²) in [6.07, 6.45) is -4.78. The van der Waals surface area contributed by atoms with Gasteiger partial charge in [0.05, 0.1) is 28.3 Å². The van der Waals surface area contributed by atoms with Crippen LogP contribution in [-0.4, -0.2) is 41.5 Å². The first kappa shape index (κ1) is 27.0. The summed E-state index contributed by atoms with van der Waals surface area (Å²) in [4.78, 5) is 16.1. The summed E-state index contributed by atoms with van der Waals surface area (Å²) in [5.41, 5.74) is 2.56. The Kier molecular flexibility index (Phi) is 6.84. The van der Waals surface area contributed by atoms with Crippen LogP contribution in [0.1, 0.15) is 0 Å². The van der Waals surface area contributed by atoms with Crippen molar-refractivity contribution < 1.29 is 35.8 Å². The van der Waals surface area contributed by atoms with Crippen molar-refractivity contribution in [1.29, 1.82) is 0 Å². The molecular formula is C22H9BrCl2F6N6O2. The fourth-order valence-corrected chi connectivity index (χ4v) is 4.56. The van der Waals surface area contributed by atoms with E-state index in [-0.39, 0.29) is 32.8 Å². The maximum Gasteiger partial charge on any atom is 0.573 e. The van der Waals surface area contributed by atoms with E-state index >= 15 is 0 Å². The molecular weight excluding hydrogens is 645 g/mol. The number of hydrogen-bond donors (Lipinski definition) is 0. The largest absolute Gasteiger partial charge is 0.573 e. The highest BCUT2D eigenvalue weighted by molar-refractivity contribution is 9.10. The molecule has 0 fully saturated rings. The molecule has 0 saturated heterocycles. The smallest absolute Gasteiger partial charge is 0.406 e. The maximum absolute atomic E-state index is 12.2. The van der Waals surface area contributed by atoms with Gasteiger partial charge >= 0.3 is 12.7 Å². The van der Waals surface area contributed by atoms with E-state index in [2.05, 4.69) is 45.3 Å². The summed E-state index contributed by atoms with van der Waals surface area (Å²) in [6, 6.07) is 7.68. The average molecular weight is 654 g/mol. The quantitative estimate of drug-likeness (QED) is 0.179. The number of halogens is 9. The molecule has 0 aliphatic rings. The molecule has 8 nitrogen and oxygen atoms in total. The van der Waals surface area contributed by atoms with Gasteiger partial charge in [-0.25, -0.2) is 19.9 Å². The van der Waals surface area contributed by atoms with Crippen LogP contribution in [0.4, 0.5) is 26.3 Å². The van der Waals surface area contributed by atoms with E-state index in [1.165, 1.54) is 48.8 Å². The lowest BCUT2D eigenvalue weighted by molar-refractivity contribution is -0.275. The van der Waals surface area contributed by atoms with Crippen LogP contribution < -0.4 is 9.47 Å². The summed E-state index contributed by atoms with van der Waals surface area (Å²) < 4.78 is 84.6.